The molecule has 0 radical (unpaired) electrons. The molecule has 0 saturated carbocycles. The fraction of sp³-hybridized carbons (Fsp3) is 0.429. The average molecular weight is 352 g/mol. The van der Waals surface area contributed by atoms with Crippen LogP contribution in [-0.2, 0) is 24.3 Å². The number of rotatable bonds is 5. The molecule has 26 heavy (non-hydrogen) atoms. The Hall–Kier alpha value is -2.40. The number of benzene rings is 1. The van der Waals surface area contributed by atoms with Crippen LogP contribution in [0.5, 0.6) is 0 Å². The number of nitrogens with one attached hydrogen (secondary N) is 1. The fourth-order valence-electron chi connectivity index (χ4n) is 3.35. The summed E-state index contributed by atoms with van der Waals surface area (Å²) in [6, 6.07) is 10.9. The number of anilines is 2. The van der Waals surface area contributed by atoms with Gasteiger partial charge in [0.05, 0.1) is 0 Å². The van der Waals surface area contributed by atoms with Gasteiger partial charge in [-0.05, 0) is 49.1 Å². The highest BCUT2D eigenvalue weighted by atomic mass is 16.1. The van der Waals surface area contributed by atoms with Crippen molar-refractivity contribution >= 4 is 17.4 Å². The van der Waals surface area contributed by atoms with E-state index >= 15 is 0 Å². The van der Waals surface area contributed by atoms with E-state index in [-0.39, 0.29) is 5.91 Å². The van der Waals surface area contributed by atoms with Gasteiger partial charge in [0, 0.05) is 51.5 Å². The van der Waals surface area contributed by atoms with Gasteiger partial charge in [-0.3, -0.25) is 9.69 Å². The van der Waals surface area contributed by atoms with E-state index < -0.39 is 0 Å². The molecule has 0 unspecified atom stereocenters. The quantitative estimate of drug-likeness (QED) is 0.895. The Morgan fingerprint density at radius 3 is 2.77 bits per heavy atom. The highest BCUT2D eigenvalue weighted by Gasteiger charge is 2.19. The van der Waals surface area contributed by atoms with Crippen LogP contribution in [0.3, 0.4) is 0 Å². The zero-order chi connectivity index (χ0) is 18.7. The number of aromatic nitrogens is 1. The summed E-state index contributed by atoms with van der Waals surface area (Å²) in [4.78, 5) is 20.6. The summed E-state index contributed by atoms with van der Waals surface area (Å²) in [6.45, 7) is 8.66. The first-order valence-electron chi connectivity index (χ1n) is 9.22. The lowest BCUT2D eigenvalue weighted by Crippen LogP contribution is -2.31. The van der Waals surface area contributed by atoms with E-state index in [0.29, 0.717) is 6.04 Å². The van der Waals surface area contributed by atoms with Crippen molar-refractivity contribution in [1.82, 2.24) is 9.88 Å². The first kappa shape index (κ1) is 18.4. The van der Waals surface area contributed by atoms with Crippen LogP contribution in [0.2, 0.25) is 0 Å². The van der Waals surface area contributed by atoms with Gasteiger partial charge in [0.15, 0.2) is 0 Å². The Labute approximate surface area is 156 Å². The molecule has 1 aliphatic heterocycles. The molecule has 0 spiro atoms. The predicted octanol–water partition coefficient (Wildman–Crippen LogP) is 3.44. The van der Waals surface area contributed by atoms with Gasteiger partial charge in [0.1, 0.15) is 5.82 Å². The predicted molar refractivity (Wildman–Crippen MR) is 106 cm³/mol. The smallest absolute Gasteiger partial charge is 0.221 e. The minimum Gasteiger partial charge on any atom is -0.357 e. The topological polar surface area (TPSA) is 48.5 Å². The molecule has 1 aromatic heterocycles. The van der Waals surface area contributed by atoms with Crippen LogP contribution >= 0.6 is 0 Å². The molecule has 1 aliphatic rings. The molecule has 138 valence electrons. The maximum Gasteiger partial charge on any atom is 0.221 e. The van der Waals surface area contributed by atoms with Gasteiger partial charge in [-0.2, -0.15) is 0 Å². The summed E-state index contributed by atoms with van der Waals surface area (Å²) >= 11 is 0. The van der Waals surface area contributed by atoms with Crippen LogP contribution in [0.25, 0.3) is 0 Å². The van der Waals surface area contributed by atoms with Gasteiger partial charge in [-0.15, -0.1) is 0 Å². The van der Waals surface area contributed by atoms with Gasteiger partial charge in [-0.1, -0.05) is 18.2 Å². The molecule has 5 heteroatoms. The highest BCUT2D eigenvalue weighted by Crippen LogP contribution is 2.27. The number of pyridine rings is 1. The summed E-state index contributed by atoms with van der Waals surface area (Å²) in [6.07, 6.45) is 2.94. The Balaban J connectivity index is 1.67. The van der Waals surface area contributed by atoms with E-state index in [1.54, 1.807) is 6.92 Å². The molecule has 0 atom stereocenters. The normalized spacial score (nSPS) is 14.2. The van der Waals surface area contributed by atoms with Gasteiger partial charge in [-0.25, -0.2) is 4.98 Å². The lowest BCUT2D eigenvalue weighted by molar-refractivity contribution is -0.114. The van der Waals surface area contributed by atoms with E-state index in [9.17, 15) is 4.79 Å². The first-order chi connectivity index (χ1) is 12.4. The number of nitrogens with zero attached hydrogens (tertiary/aromatic N) is 3. The van der Waals surface area contributed by atoms with Gasteiger partial charge >= 0.3 is 0 Å². The van der Waals surface area contributed by atoms with E-state index in [1.807, 2.05) is 18.3 Å². The molecule has 3 rings (SSSR count). The number of amides is 1. The van der Waals surface area contributed by atoms with Gasteiger partial charge in [0.2, 0.25) is 5.91 Å². The lowest BCUT2D eigenvalue weighted by Gasteiger charge is -2.30. The largest absolute Gasteiger partial charge is 0.357 e. The Morgan fingerprint density at radius 1 is 1.31 bits per heavy atom. The van der Waals surface area contributed by atoms with Crippen LogP contribution < -0.4 is 10.2 Å². The molecular weight excluding hydrogens is 324 g/mol. The molecular formula is C21H28N4O. The molecule has 0 aliphatic carbocycles. The molecule has 1 amide bonds. The van der Waals surface area contributed by atoms with E-state index in [0.717, 1.165) is 37.6 Å². The average Bonchev–Trinajstić information content (AvgIpc) is 2.61. The second kappa shape index (κ2) is 7.87. The third-order valence-electron chi connectivity index (χ3n) is 5.01. The number of carbonyl (C=O) groups excluding carboxylic acids is 1. The zero-order valence-corrected chi connectivity index (χ0v) is 16.1. The van der Waals surface area contributed by atoms with E-state index in [4.69, 9.17) is 0 Å². The number of carbonyl (C=O) groups is 1. The van der Waals surface area contributed by atoms with Crippen molar-refractivity contribution in [3.05, 3.63) is 53.2 Å². The summed E-state index contributed by atoms with van der Waals surface area (Å²) in [5.41, 5.74) is 4.75. The van der Waals surface area contributed by atoms with E-state index in [2.05, 4.69) is 59.2 Å². The zero-order valence-electron chi connectivity index (χ0n) is 16.1. The van der Waals surface area contributed by atoms with Gasteiger partial charge < -0.3 is 10.2 Å². The summed E-state index contributed by atoms with van der Waals surface area (Å²) < 4.78 is 0. The second-order valence-corrected chi connectivity index (χ2v) is 7.31. The van der Waals surface area contributed by atoms with Crippen molar-refractivity contribution in [2.24, 2.45) is 0 Å². The lowest BCUT2D eigenvalue weighted by atomic mass is 9.97. The van der Waals surface area contributed by atoms with Crippen LogP contribution in [-0.4, -0.2) is 35.4 Å². The minimum atomic E-state index is -0.0154. The van der Waals surface area contributed by atoms with E-state index in [1.165, 1.54) is 16.7 Å². The maximum atomic E-state index is 11.4. The summed E-state index contributed by atoms with van der Waals surface area (Å²) in [5, 5.41) is 2.95. The van der Waals surface area contributed by atoms with Crippen LogP contribution in [0, 0.1) is 0 Å². The van der Waals surface area contributed by atoms with Gasteiger partial charge in [0.25, 0.3) is 0 Å². The molecule has 0 fully saturated rings. The third kappa shape index (κ3) is 4.22. The molecule has 0 bridgehead atoms. The molecule has 1 aromatic carbocycles. The summed E-state index contributed by atoms with van der Waals surface area (Å²) in [7, 11) is 2.07. The van der Waals surface area contributed by atoms with Crippen LogP contribution in [0.4, 0.5) is 11.5 Å². The molecule has 2 heterocycles. The van der Waals surface area contributed by atoms with Crippen LogP contribution in [0.1, 0.15) is 37.5 Å². The van der Waals surface area contributed by atoms with Crippen molar-refractivity contribution in [1.29, 1.82) is 0 Å². The maximum absolute atomic E-state index is 11.4. The SMILES string of the molecule is CC(=O)Nc1cccc2c1CCN(Cc1ccc(N(C)C(C)C)nc1)C2. The molecule has 0 saturated heterocycles. The van der Waals surface area contributed by atoms with Crippen LogP contribution in [0.15, 0.2) is 36.5 Å². The Morgan fingerprint density at radius 2 is 2.12 bits per heavy atom. The van der Waals surface area contributed by atoms with Crippen molar-refractivity contribution in [2.75, 3.05) is 23.8 Å². The molecule has 5 nitrogen and oxygen atoms in total. The minimum absolute atomic E-state index is 0.0154. The molecule has 1 N–H and O–H groups in total. The summed E-state index contributed by atoms with van der Waals surface area (Å²) in [5.74, 6) is 0.992. The standard InChI is InChI=1S/C21H28N4O/c1-15(2)24(4)21-9-8-17(12-22-21)13-25-11-10-19-18(14-25)6-5-7-20(19)23-16(3)26/h5-9,12,15H,10-11,13-14H2,1-4H3,(H,23,26). The first-order valence-corrected chi connectivity index (χ1v) is 9.22. The number of fused-ring (bicyclic) bond motifs is 1. The Kier molecular flexibility index (Phi) is 5.57. The number of hydrogen-bond donors (Lipinski definition) is 1. The van der Waals surface area contributed by atoms with Crippen molar-refractivity contribution in [2.45, 2.75) is 46.3 Å². The van der Waals surface area contributed by atoms with Crippen molar-refractivity contribution < 1.29 is 4.79 Å². The monoisotopic (exact) mass is 352 g/mol. The van der Waals surface area contributed by atoms with Crippen molar-refractivity contribution in [3.8, 4) is 0 Å². The Bertz CT molecular complexity index is 770. The second-order valence-electron chi connectivity index (χ2n) is 7.31. The highest BCUT2D eigenvalue weighted by molar-refractivity contribution is 5.89. The third-order valence-corrected chi connectivity index (χ3v) is 5.01. The molecule has 2 aromatic rings. The van der Waals surface area contributed by atoms with Crippen molar-refractivity contribution in [3.63, 3.8) is 0 Å². The number of hydrogen-bond acceptors (Lipinski definition) is 4. The fourth-order valence-corrected chi connectivity index (χ4v) is 3.35.